The summed E-state index contributed by atoms with van der Waals surface area (Å²) in [6.07, 6.45) is 7.73. The number of benzene rings is 6. The second-order valence-electron chi connectivity index (χ2n) is 17.9. The zero-order valence-corrected chi connectivity index (χ0v) is 34.6. The van der Waals surface area contributed by atoms with Gasteiger partial charge in [-0.05, 0) is 116 Å². The number of hydrogen-bond donors (Lipinski definition) is 0. The molecular weight excluding hydrogens is 797 g/mol. The predicted octanol–water partition coefficient (Wildman–Crippen LogP) is 13.1. The van der Waals surface area contributed by atoms with Crippen LogP contribution in [0.5, 0.6) is 11.5 Å². The van der Waals surface area contributed by atoms with Crippen LogP contribution in [0.2, 0.25) is 0 Å². The van der Waals surface area contributed by atoms with Gasteiger partial charge in [-0.3, -0.25) is 19.9 Å². The normalized spacial score (nSPS) is 17.7. The van der Waals surface area contributed by atoms with E-state index in [2.05, 4.69) is 164 Å². The Morgan fingerprint density at radius 3 is 1.82 bits per heavy atom. The summed E-state index contributed by atoms with van der Waals surface area (Å²) in [7, 11) is 0. The summed E-state index contributed by atoms with van der Waals surface area (Å²) >= 11 is 0. The lowest BCUT2D eigenvalue weighted by Gasteiger charge is -2.40. The van der Waals surface area contributed by atoms with Crippen LogP contribution in [0.4, 0.5) is 0 Å². The minimum absolute atomic E-state index is 0.122. The van der Waals surface area contributed by atoms with Gasteiger partial charge in [0.05, 0.1) is 33.6 Å². The molecule has 5 aromatic heterocycles. The molecule has 0 fully saturated rings. The van der Waals surface area contributed by atoms with Gasteiger partial charge in [0.25, 0.3) is 0 Å². The van der Waals surface area contributed by atoms with E-state index >= 15 is 0 Å². The first-order valence-corrected chi connectivity index (χ1v) is 22.2. The van der Waals surface area contributed by atoms with E-state index in [4.69, 9.17) is 29.1 Å². The Morgan fingerprint density at radius 1 is 0.400 bits per heavy atom. The summed E-state index contributed by atoms with van der Waals surface area (Å²) in [6.45, 7) is 0. The quantitative estimate of drug-likeness (QED) is 0.164. The summed E-state index contributed by atoms with van der Waals surface area (Å²) in [4.78, 5) is 20.6. The number of para-hydroxylation sites is 2. The number of ether oxygens (including phenoxy) is 1. The molecule has 2 spiro atoms. The number of hydrogen-bond acceptors (Lipinski definition) is 6. The number of aromatic nitrogens is 4. The molecule has 65 heavy (non-hydrogen) atoms. The molecule has 6 aromatic carbocycles. The van der Waals surface area contributed by atoms with Gasteiger partial charge < -0.3 is 9.15 Å². The lowest BCUT2D eigenvalue weighted by Crippen LogP contribution is -2.33. The van der Waals surface area contributed by atoms with Crippen LogP contribution in [-0.4, -0.2) is 19.9 Å². The molecule has 6 nitrogen and oxygen atoms in total. The van der Waals surface area contributed by atoms with Gasteiger partial charge in [-0.2, -0.15) is 0 Å². The summed E-state index contributed by atoms with van der Waals surface area (Å²) in [5.74, 6) is 1.50. The minimum Gasteiger partial charge on any atom is -0.457 e. The first-order chi connectivity index (χ1) is 32.2. The van der Waals surface area contributed by atoms with Crippen LogP contribution in [0.15, 0.2) is 193 Å². The first-order valence-electron chi connectivity index (χ1n) is 22.2. The molecule has 1 aliphatic heterocycles. The Hall–Kier alpha value is -8.48. The maximum absolute atomic E-state index is 7.21. The van der Waals surface area contributed by atoms with Crippen LogP contribution in [-0.2, 0) is 10.8 Å². The monoisotopic (exact) mass is 828 g/mol. The Kier molecular flexibility index (Phi) is 6.16. The lowest BCUT2D eigenvalue weighted by atomic mass is 9.65. The van der Waals surface area contributed by atoms with E-state index in [1.165, 1.54) is 44.5 Å². The molecule has 0 saturated heterocycles. The van der Waals surface area contributed by atoms with Crippen LogP contribution in [0.25, 0.3) is 67.0 Å². The molecule has 11 aromatic rings. The fraction of sp³-hybridized carbons (Fsp3) is 0.0508. The highest BCUT2D eigenvalue weighted by atomic mass is 16.5. The topological polar surface area (TPSA) is 73.9 Å². The Balaban J connectivity index is 1.00. The molecule has 2 atom stereocenters. The van der Waals surface area contributed by atoms with Gasteiger partial charge in [0.1, 0.15) is 22.7 Å². The van der Waals surface area contributed by atoms with Gasteiger partial charge in [0.2, 0.25) is 0 Å². The smallest absolute Gasteiger partial charge is 0.140 e. The third-order valence-electron chi connectivity index (χ3n) is 15.2. The number of fused-ring (bicyclic) bond motifs is 26. The highest BCUT2D eigenvalue weighted by Gasteiger charge is 2.57. The molecular formula is C59H32N4O2. The van der Waals surface area contributed by atoms with E-state index in [1.807, 2.05) is 24.7 Å². The molecule has 5 aliphatic rings. The number of furan rings is 1. The van der Waals surface area contributed by atoms with Gasteiger partial charge in [-0.1, -0.05) is 109 Å². The van der Waals surface area contributed by atoms with Crippen LogP contribution in [0.1, 0.15) is 67.1 Å². The molecule has 0 saturated carbocycles. The second kappa shape index (κ2) is 11.7. The number of rotatable bonds is 1. The molecule has 16 rings (SSSR count). The maximum Gasteiger partial charge on any atom is 0.140 e. The van der Waals surface area contributed by atoms with E-state index in [-0.39, 0.29) is 5.92 Å². The van der Waals surface area contributed by atoms with E-state index in [1.54, 1.807) is 0 Å². The SMILES string of the molecule is c1ccc2c(c1)Oc1cc3c(cc1C21c2cccnc2-c2ncc(C4c5ccccc5-c5ccc6c(oc7ccccc76)c54)cc21)-c1ccccc1C31c2cccnc2-c2ncccc21. The van der Waals surface area contributed by atoms with Gasteiger partial charge in [-0.15, -0.1) is 0 Å². The molecule has 2 unspecified atom stereocenters. The second-order valence-corrected chi connectivity index (χ2v) is 17.9. The standard InChI is InChI=1S/C59H32N4O2/c1-2-15-36-33(12-1)37-23-24-38-35-14-4-7-21-48(35)65-57(38)52(37)51(36)32-28-47-56(63-31-32)55-44(20-11-27-62-55)59(47)41-17-6-8-22-49(41)64-50-30-45-39(29-46(50)59)34-13-3-5-16-40(34)58(45)42-18-9-25-60-53(42)54-43(58)19-10-26-61-54/h1-31,51H. The molecule has 300 valence electrons. The fourth-order valence-corrected chi connectivity index (χ4v) is 12.9. The number of nitrogens with zero attached hydrogens (tertiary/aromatic N) is 4. The fourth-order valence-electron chi connectivity index (χ4n) is 12.9. The predicted molar refractivity (Wildman–Crippen MR) is 251 cm³/mol. The molecule has 4 aliphatic carbocycles. The summed E-state index contributed by atoms with van der Waals surface area (Å²) in [6, 6.07) is 59.2. The third-order valence-corrected chi connectivity index (χ3v) is 15.2. The van der Waals surface area contributed by atoms with E-state index < -0.39 is 10.8 Å². The zero-order valence-electron chi connectivity index (χ0n) is 34.6. The Bertz CT molecular complexity index is 3930. The summed E-state index contributed by atoms with van der Waals surface area (Å²) in [5.41, 5.74) is 21.3. The van der Waals surface area contributed by atoms with Crippen LogP contribution >= 0.6 is 0 Å². The minimum atomic E-state index is -0.813. The van der Waals surface area contributed by atoms with Crippen molar-refractivity contribution >= 4 is 21.9 Å². The zero-order chi connectivity index (χ0) is 42.2. The highest BCUT2D eigenvalue weighted by molar-refractivity contribution is 6.09. The lowest BCUT2D eigenvalue weighted by molar-refractivity contribution is 0.435. The molecule has 0 N–H and O–H groups in total. The average Bonchev–Trinajstić information content (AvgIpc) is 4.14. The van der Waals surface area contributed by atoms with Crippen molar-refractivity contribution in [2.24, 2.45) is 0 Å². The van der Waals surface area contributed by atoms with Crippen LogP contribution in [0, 0.1) is 0 Å². The largest absolute Gasteiger partial charge is 0.457 e. The van der Waals surface area contributed by atoms with Crippen LogP contribution < -0.4 is 4.74 Å². The van der Waals surface area contributed by atoms with Crippen LogP contribution in [0.3, 0.4) is 0 Å². The maximum atomic E-state index is 7.21. The van der Waals surface area contributed by atoms with Gasteiger partial charge in [-0.25, -0.2) is 0 Å². The third kappa shape index (κ3) is 3.88. The van der Waals surface area contributed by atoms with Gasteiger partial charge >= 0.3 is 0 Å². The highest BCUT2D eigenvalue weighted by Crippen LogP contribution is 2.67. The van der Waals surface area contributed by atoms with E-state index in [0.29, 0.717) is 0 Å². The number of pyridine rings is 4. The van der Waals surface area contributed by atoms with Crippen molar-refractivity contribution in [3.8, 4) is 56.5 Å². The van der Waals surface area contributed by atoms with Crippen molar-refractivity contribution in [2.75, 3.05) is 0 Å². The van der Waals surface area contributed by atoms with Crippen molar-refractivity contribution in [1.29, 1.82) is 0 Å². The van der Waals surface area contributed by atoms with Crippen molar-refractivity contribution in [3.05, 3.63) is 250 Å². The first kappa shape index (κ1) is 34.1. The summed E-state index contributed by atoms with van der Waals surface area (Å²) in [5, 5.41) is 2.24. The Labute approximate surface area is 372 Å². The van der Waals surface area contributed by atoms with Crippen molar-refractivity contribution < 1.29 is 9.15 Å². The van der Waals surface area contributed by atoms with Crippen molar-refractivity contribution in [2.45, 2.75) is 16.7 Å². The van der Waals surface area contributed by atoms with E-state index in [0.717, 1.165) is 95.2 Å². The van der Waals surface area contributed by atoms with Gasteiger partial charge in [0.15, 0.2) is 0 Å². The Morgan fingerprint density at radius 2 is 1.03 bits per heavy atom. The molecule has 0 bridgehead atoms. The summed E-state index contributed by atoms with van der Waals surface area (Å²) < 4.78 is 14.0. The molecule has 6 heterocycles. The van der Waals surface area contributed by atoms with Gasteiger partial charge in [0, 0.05) is 63.7 Å². The molecule has 0 amide bonds. The average molecular weight is 829 g/mol. The molecule has 6 heteroatoms. The molecule has 0 radical (unpaired) electrons. The van der Waals surface area contributed by atoms with E-state index in [9.17, 15) is 0 Å². The van der Waals surface area contributed by atoms with Crippen molar-refractivity contribution in [3.63, 3.8) is 0 Å². The van der Waals surface area contributed by atoms with Crippen molar-refractivity contribution in [1.82, 2.24) is 19.9 Å².